The second kappa shape index (κ2) is 15.3. The Balaban J connectivity index is 1.17. The molecule has 0 radical (unpaired) electrons. The molecule has 3 heterocycles. The average Bonchev–Trinajstić information content (AvgIpc) is 3.77. The lowest BCUT2D eigenvalue weighted by atomic mass is 9.87. The van der Waals surface area contributed by atoms with Crippen LogP contribution < -0.4 is 24.8 Å². The Morgan fingerprint density at radius 2 is 1.81 bits per heavy atom. The molecule has 6 atom stereocenters. The number of fused-ring (bicyclic) bond motifs is 2. The van der Waals surface area contributed by atoms with Crippen molar-refractivity contribution in [2.24, 2.45) is 11.3 Å². The van der Waals surface area contributed by atoms with Crippen LogP contribution >= 0.6 is 0 Å². The first-order valence-electron chi connectivity index (χ1n) is 15.9. The molecule has 0 aliphatic carbocycles. The van der Waals surface area contributed by atoms with Gasteiger partial charge in [-0.2, -0.15) is 4.72 Å². The molecular formula is C32H45N3O11S2. The number of hydrogen-bond acceptors (Lipinski definition) is 12. The first-order chi connectivity index (χ1) is 22.7. The summed E-state index contributed by atoms with van der Waals surface area (Å²) in [5.74, 6) is 0.668. The Bertz CT molecular complexity index is 1620. The second-order valence-corrected chi connectivity index (χ2v) is 17.2. The van der Waals surface area contributed by atoms with Crippen LogP contribution in [0.1, 0.15) is 38.7 Å². The number of hydrogen-bond donors (Lipinski definition) is 4. The molecule has 3 aliphatic rings. The molecular weight excluding hydrogens is 666 g/mol. The van der Waals surface area contributed by atoms with Crippen LogP contribution in [0.5, 0.6) is 11.5 Å². The van der Waals surface area contributed by atoms with E-state index in [-0.39, 0.29) is 49.2 Å². The molecule has 0 aromatic heterocycles. The zero-order valence-corrected chi connectivity index (χ0v) is 28.9. The molecule has 0 bridgehead atoms. The first kappa shape index (κ1) is 36.3. The number of carbonyl (C=O) groups is 1. The number of benzene rings is 2. The van der Waals surface area contributed by atoms with Gasteiger partial charge in [-0.05, 0) is 48.8 Å². The monoisotopic (exact) mass is 711 g/mol. The van der Waals surface area contributed by atoms with E-state index < -0.39 is 55.0 Å². The minimum absolute atomic E-state index is 0.0110. The van der Waals surface area contributed by atoms with Gasteiger partial charge < -0.3 is 39.4 Å². The molecule has 5 rings (SSSR count). The molecule has 4 N–H and O–H groups in total. The van der Waals surface area contributed by atoms with Gasteiger partial charge in [-0.25, -0.2) is 21.6 Å². The second-order valence-electron chi connectivity index (χ2n) is 13.2. The summed E-state index contributed by atoms with van der Waals surface area (Å²) in [5.41, 5.74) is 0.411. The van der Waals surface area contributed by atoms with Crippen LogP contribution in [0.25, 0.3) is 0 Å². The Morgan fingerprint density at radius 3 is 2.56 bits per heavy atom. The normalized spacial score (nSPS) is 22.5. The van der Waals surface area contributed by atoms with Gasteiger partial charge in [0.1, 0.15) is 11.5 Å². The van der Waals surface area contributed by atoms with E-state index >= 15 is 0 Å². The molecule has 0 spiro atoms. The molecule has 2 aromatic rings. The van der Waals surface area contributed by atoms with E-state index in [1.165, 1.54) is 18.2 Å². The number of aliphatic hydroxyl groups is 1. The van der Waals surface area contributed by atoms with Gasteiger partial charge in [0.2, 0.25) is 16.8 Å². The number of aliphatic hydroxyl groups excluding tert-OH is 1. The van der Waals surface area contributed by atoms with Crippen molar-refractivity contribution in [3.63, 3.8) is 0 Å². The van der Waals surface area contributed by atoms with E-state index in [1.54, 1.807) is 0 Å². The molecule has 1 unspecified atom stereocenters. The number of sulfone groups is 1. The van der Waals surface area contributed by atoms with Crippen molar-refractivity contribution in [2.75, 3.05) is 39.4 Å². The lowest BCUT2D eigenvalue weighted by molar-refractivity contribution is -0.0907. The van der Waals surface area contributed by atoms with Crippen LogP contribution in [0.15, 0.2) is 53.4 Å². The average molecular weight is 712 g/mol. The maximum absolute atomic E-state index is 13.6. The molecule has 1 amide bonds. The third-order valence-electron chi connectivity index (χ3n) is 8.74. The summed E-state index contributed by atoms with van der Waals surface area (Å²) in [5, 5.41) is 15.9. The van der Waals surface area contributed by atoms with Crippen LogP contribution in [0.3, 0.4) is 0 Å². The summed E-state index contributed by atoms with van der Waals surface area (Å²) in [6.45, 7) is 5.09. The Hall–Kier alpha value is -2.99. The quantitative estimate of drug-likeness (QED) is 0.199. The molecule has 3 aliphatic heterocycles. The highest BCUT2D eigenvalue weighted by atomic mass is 32.2. The maximum Gasteiger partial charge on any atom is 0.407 e. The molecule has 0 saturated carbocycles. The zero-order chi connectivity index (χ0) is 34.5. The van der Waals surface area contributed by atoms with Crippen LogP contribution in [0.2, 0.25) is 0 Å². The van der Waals surface area contributed by atoms with E-state index in [0.717, 1.165) is 18.2 Å². The predicted molar refractivity (Wildman–Crippen MR) is 175 cm³/mol. The van der Waals surface area contributed by atoms with Crippen molar-refractivity contribution < 1.29 is 50.4 Å². The first-order valence-corrected chi connectivity index (χ1v) is 19.4. The molecule has 16 heteroatoms. The van der Waals surface area contributed by atoms with Crippen LogP contribution in [-0.4, -0.2) is 97.3 Å². The van der Waals surface area contributed by atoms with Crippen molar-refractivity contribution in [2.45, 2.75) is 74.3 Å². The standard InChI is InChI=1S/C32H45N3O11S2/c1-32(2,13-11-29(35-47(3,38)39)48(40,41)22-9-10-26-27(16-22)45-20-44-26)19-33-17-25(36)24(15-21-7-5-4-6-8-21)34-31(37)46-28-18-43-30-23(28)12-14-42-30/h4-10,16,23-25,28-30,33,35-36H,11-15,17-20H2,1-3H3,(H,34,37)/t23-,24-,25-,28-,29?,30+/m0/s1. The number of amides is 1. The summed E-state index contributed by atoms with van der Waals surface area (Å²) in [7, 11) is -8.00. The minimum Gasteiger partial charge on any atom is -0.454 e. The van der Waals surface area contributed by atoms with Crippen LogP contribution in [0, 0.1) is 11.3 Å². The van der Waals surface area contributed by atoms with Gasteiger partial charge in [0.05, 0.1) is 42.4 Å². The van der Waals surface area contributed by atoms with Gasteiger partial charge in [0.15, 0.2) is 27.6 Å². The highest BCUT2D eigenvalue weighted by Gasteiger charge is 2.44. The number of rotatable bonds is 16. The summed E-state index contributed by atoms with van der Waals surface area (Å²) < 4.78 is 81.2. The van der Waals surface area contributed by atoms with Gasteiger partial charge in [-0.3, -0.25) is 0 Å². The van der Waals surface area contributed by atoms with Crippen LogP contribution in [-0.2, 0) is 40.5 Å². The topological polar surface area (TPSA) is 188 Å². The third-order valence-corrected chi connectivity index (χ3v) is 11.6. The fourth-order valence-electron chi connectivity index (χ4n) is 6.07. The SMILES string of the molecule is CC(C)(CCC(NS(C)(=O)=O)S(=O)(=O)c1ccc2c(c1)OCO2)CNC[C@H](O)[C@H](Cc1ccccc1)NC(=O)O[C@H]1CO[C@H]2OCC[C@H]21. The van der Waals surface area contributed by atoms with Gasteiger partial charge >= 0.3 is 6.09 Å². The van der Waals surface area contributed by atoms with Gasteiger partial charge in [0, 0.05) is 19.2 Å². The summed E-state index contributed by atoms with van der Waals surface area (Å²) in [6.07, 6.45) is -0.110. The highest BCUT2D eigenvalue weighted by molar-refractivity contribution is 7.94. The van der Waals surface area contributed by atoms with Crippen molar-refractivity contribution in [1.82, 2.24) is 15.4 Å². The summed E-state index contributed by atoms with van der Waals surface area (Å²) in [4.78, 5) is 12.9. The zero-order valence-electron chi connectivity index (χ0n) is 27.3. The highest BCUT2D eigenvalue weighted by Crippen LogP contribution is 2.36. The maximum atomic E-state index is 13.6. The van der Waals surface area contributed by atoms with Gasteiger partial charge in [0.25, 0.3) is 0 Å². The lowest BCUT2D eigenvalue weighted by Gasteiger charge is -2.30. The molecule has 14 nitrogen and oxygen atoms in total. The van der Waals surface area contributed by atoms with E-state index in [2.05, 4.69) is 15.4 Å². The van der Waals surface area contributed by atoms with Crippen LogP contribution in [0.4, 0.5) is 4.79 Å². The van der Waals surface area contributed by atoms with E-state index in [4.69, 9.17) is 23.7 Å². The predicted octanol–water partition coefficient (Wildman–Crippen LogP) is 1.92. The number of nitrogens with one attached hydrogen (secondary N) is 3. The van der Waals surface area contributed by atoms with Crippen molar-refractivity contribution >= 4 is 26.0 Å². The molecule has 266 valence electrons. The Morgan fingerprint density at radius 1 is 1.06 bits per heavy atom. The summed E-state index contributed by atoms with van der Waals surface area (Å²) in [6, 6.07) is 13.0. The Labute approximate surface area is 281 Å². The van der Waals surface area contributed by atoms with Gasteiger partial charge in [-0.15, -0.1) is 0 Å². The lowest BCUT2D eigenvalue weighted by Crippen LogP contribution is -2.50. The van der Waals surface area contributed by atoms with Crippen molar-refractivity contribution in [3.05, 3.63) is 54.1 Å². The van der Waals surface area contributed by atoms with E-state index in [0.29, 0.717) is 31.7 Å². The molecule has 2 fully saturated rings. The summed E-state index contributed by atoms with van der Waals surface area (Å²) >= 11 is 0. The third kappa shape index (κ3) is 9.58. The van der Waals surface area contributed by atoms with Gasteiger partial charge in [-0.1, -0.05) is 44.2 Å². The molecule has 2 saturated heterocycles. The molecule has 2 aromatic carbocycles. The van der Waals surface area contributed by atoms with E-state index in [1.807, 2.05) is 44.2 Å². The van der Waals surface area contributed by atoms with Crippen molar-refractivity contribution in [1.29, 1.82) is 0 Å². The van der Waals surface area contributed by atoms with Crippen molar-refractivity contribution in [3.8, 4) is 11.5 Å². The van der Waals surface area contributed by atoms with E-state index in [9.17, 15) is 26.7 Å². The fourth-order valence-corrected chi connectivity index (χ4v) is 8.98. The number of sulfonamides is 1. The largest absolute Gasteiger partial charge is 0.454 e. The smallest absolute Gasteiger partial charge is 0.407 e. The Kier molecular flexibility index (Phi) is 11.5. The molecule has 48 heavy (non-hydrogen) atoms. The number of carbonyl (C=O) groups excluding carboxylic acids is 1. The number of alkyl carbamates (subject to hydrolysis) is 1. The fraction of sp³-hybridized carbons (Fsp3) is 0.594. The number of ether oxygens (including phenoxy) is 5. The minimum atomic E-state index is -4.13.